The molecule has 0 bridgehead atoms. The Morgan fingerprint density at radius 2 is 0.929 bits per heavy atom. The summed E-state index contributed by atoms with van der Waals surface area (Å²) in [5.41, 5.74) is 0. The van der Waals surface area contributed by atoms with Crippen molar-refractivity contribution in [1.29, 1.82) is 0 Å². The molecule has 6 heteroatoms. The summed E-state index contributed by atoms with van der Waals surface area (Å²) >= 11 is 0. The van der Waals surface area contributed by atoms with Crippen LogP contribution in [0.5, 0.6) is 0 Å². The molecule has 1 rings (SSSR count). The number of rotatable bonds is 2. The molecule has 1 aliphatic rings. The lowest BCUT2D eigenvalue weighted by atomic mass is 9.85. The predicted octanol–water partition coefficient (Wildman–Crippen LogP) is -2.53. The van der Waals surface area contributed by atoms with Crippen LogP contribution in [0.3, 0.4) is 0 Å². The Kier molecular flexibility index (Phi) is 3.82. The minimum absolute atomic E-state index is 0.853. The SMILES string of the molecule is CO[C@@H]1[C@@H](O)[C@H](O)[C@H](O)[C@@H](O)[C@@H]1OC. The van der Waals surface area contributed by atoms with E-state index in [4.69, 9.17) is 9.47 Å². The third-order valence-electron chi connectivity index (χ3n) is 2.59. The number of hydrogen-bond acceptors (Lipinski definition) is 6. The van der Waals surface area contributed by atoms with Gasteiger partial charge >= 0.3 is 0 Å². The summed E-state index contributed by atoms with van der Waals surface area (Å²) < 4.78 is 9.78. The zero-order valence-corrected chi connectivity index (χ0v) is 8.07. The van der Waals surface area contributed by atoms with Crippen molar-refractivity contribution >= 4 is 0 Å². The summed E-state index contributed by atoms with van der Waals surface area (Å²) in [6.07, 6.45) is -7.11. The first-order chi connectivity index (χ1) is 6.54. The van der Waals surface area contributed by atoms with Gasteiger partial charge in [-0.25, -0.2) is 0 Å². The van der Waals surface area contributed by atoms with Gasteiger partial charge in [0.05, 0.1) is 0 Å². The normalized spacial score (nSPS) is 49.3. The van der Waals surface area contributed by atoms with Gasteiger partial charge in [0.1, 0.15) is 36.6 Å². The first-order valence-corrected chi connectivity index (χ1v) is 4.32. The van der Waals surface area contributed by atoms with Crippen LogP contribution in [0.1, 0.15) is 0 Å². The topological polar surface area (TPSA) is 99.4 Å². The molecule has 1 fully saturated rings. The molecule has 14 heavy (non-hydrogen) atoms. The largest absolute Gasteiger partial charge is 0.387 e. The second kappa shape index (κ2) is 4.52. The molecule has 0 spiro atoms. The fraction of sp³-hybridized carbons (Fsp3) is 1.00. The average Bonchev–Trinajstić information content (AvgIpc) is 2.20. The molecule has 1 aliphatic carbocycles. The van der Waals surface area contributed by atoms with E-state index in [1.807, 2.05) is 0 Å². The lowest BCUT2D eigenvalue weighted by Gasteiger charge is -2.42. The van der Waals surface area contributed by atoms with E-state index in [2.05, 4.69) is 0 Å². The van der Waals surface area contributed by atoms with Crippen LogP contribution in [-0.2, 0) is 9.47 Å². The molecular formula is C8H16O6. The van der Waals surface area contributed by atoms with Gasteiger partial charge in [-0.1, -0.05) is 0 Å². The Hall–Kier alpha value is -0.240. The molecule has 0 radical (unpaired) electrons. The highest BCUT2D eigenvalue weighted by Gasteiger charge is 2.49. The molecule has 6 nitrogen and oxygen atoms in total. The highest BCUT2D eigenvalue weighted by Crippen LogP contribution is 2.25. The van der Waals surface area contributed by atoms with Gasteiger partial charge in [0, 0.05) is 14.2 Å². The summed E-state index contributed by atoms with van der Waals surface area (Å²) in [6.45, 7) is 0. The Bertz CT molecular complexity index is 167. The number of aliphatic hydroxyl groups is 4. The highest BCUT2D eigenvalue weighted by molar-refractivity contribution is 4.99. The maximum atomic E-state index is 9.50. The van der Waals surface area contributed by atoms with Gasteiger partial charge in [-0.15, -0.1) is 0 Å². The highest BCUT2D eigenvalue weighted by atomic mass is 16.6. The first-order valence-electron chi connectivity index (χ1n) is 4.32. The molecule has 4 N–H and O–H groups in total. The fourth-order valence-corrected chi connectivity index (χ4v) is 1.73. The lowest BCUT2D eigenvalue weighted by molar-refractivity contribution is -0.235. The van der Waals surface area contributed by atoms with Gasteiger partial charge < -0.3 is 29.9 Å². The van der Waals surface area contributed by atoms with E-state index in [0.29, 0.717) is 0 Å². The van der Waals surface area contributed by atoms with E-state index in [1.54, 1.807) is 0 Å². The molecule has 84 valence electrons. The van der Waals surface area contributed by atoms with Crippen LogP contribution in [-0.4, -0.2) is 71.3 Å². The Balaban J connectivity index is 2.84. The molecule has 1 saturated carbocycles. The van der Waals surface area contributed by atoms with Gasteiger partial charge in [-0.05, 0) is 0 Å². The third kappa shape index (κ3) is 1.77. The van der Waals surface area contributed by atoms with Gasteiger partial charge in [0.2, 0.25) is 0 Å². The molecule has 0 saturated heterocycles. The molecule has 0 aromatic heterocycles. The van der Waals surface area contributed by atoms with Crippen molar-refractivity contribution in [1.82, 2.24) is 0 Å². The van der Waals surface area contributed by atoms with Crippen LogP contribution >= 0.6 is 0 Å². The molecule has 0 unspecified atom stereocenters. The number of hydrogen-bond donors (Lipinski definition) is 4. The second-order valence-corrected chi connectivity index (χ2v) is 3.36. The third-order valence-corrected chi connectivity index (χ3v) is 2.59. The fourth-order valence-electron chi connectivity index (χ4n) is 1.73. The van der Waals surface area contributed by atoms with E-state index >= 15 is 0 Å². The van der Waals surface area contributed by atoms with Crippen molar-refractivity contribution in [2.45, 2.75) is 36.6 Å². The quantitative estimate of drug-likeness (QED) is 0.399. The number of ether oxygens (including phenoxy) is 2. The minimum atomic E-state index is -1.43. The van der Waals surface area contributed by atoms with Gasteiger partial charge in [-0.2, -0.15) is 0 Å². The van der Waals surface area contributed by atoms with Crippen LogP contribution in [0.2, 0.25) is 0 Å². The van der Waals surface area contributed by atoms with E-state index in [9.17, 15) is 20.4 Å². The molecule has 0 aromatic carbocycles. The van der Waals surface area contributed by atoms with Crippen LogP contribution in [0.4, 0.5) is 0 Å². The van der Waals surface area contributed by atoms with Crippen molar-refractivity contribution in [2.75, 3.05) is 14.2 Å². The van der Waals surface area contributed by atoms with E-state index in [0.717, 1.165) is 0 Å². The molecule has 0 heterocycles. The van der Waals surface area contributed by atoms with Crippen molar-refractivity contribution in [3.05, 3.63) is 0 Å². The number of methoxy groups -OCH3 is 2. The summed E-state index contributed by atoms with van der Waals surface area (Å²) in [4.78, 5) is 0. The molecular weight excluding hydrogens is 192 g/mol. The van der Waals surface area contributed by atoms with Crippen molar-refractivity contribution in [2.24, 2.45) is 0 Å². The lowest BCUT2D eigenvalue weighted by Crippen LogP contribution is -2.64. The molecule has 0 aliphatic heterocycles. The van der Waals surface area contributed by atoms with Gasteiger partial charge in [0.15, 0.2) is 0 Å². The number of aliphatic hydroxyl groups excluding tert-OH is 4. The Labute approximate surface area is 81.7 Å². The van der Waals surface area contributed by atoms with Crippen molar-refractivity contribution < 1.29 is 29.9 Å². The minimum Gasteiger partial charge on any atom is -0.387 e. The standard InChI is InChI=1S/C8H16O6/c1-13-7-5(11)3(9)4(10)6(12)8(7)14-2/h3-12H,1-2H3/t3-,4+,5+,6-,7-,8+. The predicted molar refractivity (Wildman–Crippen MR) is 45.6 cm³/mol. The summed E-state index contributed by atoms with van der Waals surface area (Å²) in [5, 5.41) is 37.7. The molecule has 0 amide bonds. The Morgan fingerprint density at radius 1 is 0.643 bits per heavy atom. The van der Waals surface area contributed by atoms with Crippen LogP contribution in [0.15, 0.2) is 0 Å². The molecule has 6 atom stereocenters. The Morgan fingerprint density at radius 3 is 1.14 bits per heavy atom. The second-order valence-electron chi connectivity index (χ2n) is 3.36. The summed E-state index contributed by atoms with van der Waals surface area (Å²) in [7, 11) is 2.66. The maximum Gasteiger partial charge on any atom is 0.114 e. The monoisotopic (exact) mass is 208 g/mol. The smallest absolute Gasteiger partial charge is 0.114 e. The van der Waals surface area contributed by atoms with Crippen LogP contribution in [0, 0.1) is 0 Å². The maximum absolute atomic E-state index is 9.50. The molecule has 0 aromatic rings. The first kappa shape index (κ1) is 11.8. The van der Waals surface area contributed by atoms with Crippen LogP contribution in [0.25, 0.3) is 0 Å². The summed E-state index contributed by atoms with van der Waals surface area (Å²) in [6, 6.07) is 0. The van der Waals surface area contributed by atoms with Gasteiger partial charge in [0.25, 0.3) is 0 Å². The van der Waals surface area contributed by atoms with Crippen molar-refractivity contribution in [3.8, 4) is 0 Å². The van der Waals surface area contributed by atoms with Crippen molar-refractivity contribution in [3.63, 3.8) is 0 Å². The zero-order chi connectivity index (χ0) is 10.9. The van der Waals surface area contributed by atoms with E-state index < -0.39 is 36.6 Å². The zero-order valence-electron chi connectivity index (χ0n) is 8.07. The summed E-state index contributed by atoms with van der Waals surface area (Å²) in [5.74, 6) is 0. The van der Waals surface area contributed by atoms with E-state index in [1.165, 1.54) is 14.2 Å². The van der Waals surface area contributed by atoms with Crippen LogP contribution < -0.4 is 0 Å². The average molecular weight is 208 g/mol. The van der Waals surface area contributed by atoms with E-state index in [-0.39, 0.29) is 0 Å². The van der Waals surface area contributed by atoms with Gasteiger partial charge in [-0.3, -0.25) is 0 Å².